The highest BCUT2D eigenvalue weighted by atomic mass is 19.4. The van der Waals surface area contributed by atoms with Crippen LogP contribution in [0.15, 0.2) is 42.6 Å². The van der Waals surface area contributed by atoms with Crippen molar-refractivity contribution in [2.45, 2.75) is 19.0 Å². The lowest BCUT2D eigenvalue weighted by molar-refractivity contribution is -0.141. The van der Waals surface area contributed by atoms with E-state index >= 15 is 0 Å². The molecule has 11 heteroatoms. The number of nitrogens with one attached hydrogen (secondary N) is 1. The highest BCUT2D eigenvalue weighted by Crippen LogP contribution is 2.29. The van der Waals surface area contributed by atoms with E-state index in [0.29, 0.717) is 18.1 Å². The number of fused-ring (bicyclic) bond motifs is 1. The maximum absolute atomic E-state index is 13.1. The van der Waals surface area contributed by atoms with Crippen molar-refractivity contribution in [3.8, 4) is 11.5 Å². The van der Waals surface area contributed by atoms with Crippen LogP contribution in [0.3, 0.4) is 0 Å². The number of rotatable bonds is 4. The number of halogens is 3. The second-order valence-corrected chi connectivity index (χ2v) is 6.98. The van der Waals surface area contributed by atoms with Crippen molar-refractivity contribution < 1.29 is 13.2 Å². The lowest BCUT2D eigenvalue weighted by Gasteiger charge is -2.34. The van der Waals surface area contributed by atoms with E-state index in [-0.39, 0.29) is 17.4 Å². The van der Waals surface area contributed by atoms with Gasteiger partial charge in [0.05, 0.1) is 12.4 Å². The van der Waals surface area contributed by atoms with Gasteiger partial charge in [0.25, 0.3) is 0 Å². The first-order valence-corrected chi connectivity index (χ1v) is 9.31. The summed E-state index contributed by atoms with van der Waals surface area (Å²) in [7, 11) is 0. The molecule has 1 aliphatic heterocycles. The van der Waals surface area contributed by atoms with Crippen LogP contribution in [-0.2, 0) is 6.18 Å². The molecular formula is C19H19F3N8. The molecule has 3 aromatic rings. The van der Waals surface area contributed by atoms with E-state index < -0.39 is 11.9 Å². The first kappa shape index (κ1) is 19.8. The maximum Gasteiger partial charge on any atom is 0.434 e. The molecule has 30 heavy (non-hydrogen) atoms. The Kier molecular flexibility index (Phi) is 5.10. The van der Waals surface area contributed by atoms with Gasteiger partial charge < -0.3 is 16.0 Å². The van der Waals surface area contributed by atoms with Crippen LogP contribution in [0.2, 0.25) is 0 Å². The average Bonchev–Trinajstić information content (AvgIpc) is 3.18. The van der Waals surface area contributed by atoms with Gasteiger partial charge in [-0.05, 0) is 30.7 Å². The second kappa shape index (κ2) is 7.73. The van der Waals surface area contributed by atoms with E-state index in [2.05, 4.69) is 24.8 Å². The third-order valence-corrected chi connectivity index (χ3v) is 5.13. The lowest BCUT2D eigenvalue weighted by Crippen LogP contribution is -2.37. The van der Waals surface area contributed by atoms with Crippen LogP contribution >= 0.6 is 0 Å². The van der Waals surface area contributed by atoms with Crippen molar-refractivity contribution >= 4 is 17.7 Å². The smallest absolute Gasteiger partial charge is 0.404 e. The quantitative estimate of drug-likeness (QED) is 0.633. The minimum absolute atomic E-state index is 0.121. The van der Waals surface area contributed by atoms with Crippen LogP contribution in [0.5, 0.6) is 0 Å². The minimum atomic E-state index is -4.57. The Bertz CT molecular complexity index is 1100. The van der Waals surface area contributed by atoms with Gasteiger partial charge in [-0.1, -0.05) is 0 Å². The van der Waals surface area contributed by atoms with Gasteiger partial charge >= 0.3 is 6.18 Å². The number of hydrogen-bond acceptors (Lipinski definition) is 7. The predicted octanol–water partition coefficient (Wildman–Crippen LogP) is 2.91. The molecule has 0 bridgehead atoms. The summed E-state index contributed by atoms with van der Waals surface area (Å²) in [5, 5.41) is 7.52. The molecule has 3 N–H and O–H groups in total. The van der Waals surface area contributed by atoms with Crippen LogP contribution in [0.4, 0.5) is 19.0 Å². The fourth-order valence-corrected chi connectivity index (χ4v) is 3.61. The predicted molar refractivity (Wildman–Crippen MR) is 105 cm³/mol. The molecule has 4 rings (SSSR count). The van der Waals surface area contributed by atoms with E-state index in [9.17, 15) is 13.2 Å². The number of piperidine rings is 1. The van der Waals surface area contributed by atoms with Gasteiger partial charge in [-0.2, -0.15) is 13.2 Å². The fourth-order valence-electron chi connectivity index (χ4n) is 3.61. The molecule has 1 saturated heterocycles. The van der Waals surface area contributed by atoms with Gasteiger partial charge in [-0.25, -0.2) is 19.9 Å². The monoisotopic (exact) mass is 416 g/mol. The number of alkyl halides is 3. The zero-order chi connectivity index (χ0) is 21.3. The van der Waals surface area contributed by atoms with E-state index in [1.165, 1.54) is 23.0 Å². The van der Waals surface area contributed by atoms with Crippen LogP contribution in [0.1, 0.15) is 18.5 Å². The summed E-state index contributed by atoms with van der Waals surface area (Å²) < 4.78 is 40.5. The molecule has 4 heterocycles. The van der Waals surface area contributed by atoms with E-state index in [4.69, 9.17) is 11.1 Å². The first-order valence-electron chi connectivity index (χ1n) is 9.31. The zero-order valence-electron chi connectivity index (χ0n) is 15.8. The highest BCUT2D eigenvalue weighted by Gasteiger charge is 2.33. The Morgan fingerprint density at radius 2 is 2.07 bits per heavy atom. The minimum Gasteiger partial charge on any atom is -0.404 e. The van der Waals surface area contributed by atoms with Crippen molar-refractivity contribution in [2.24, 2.45) is 11.7 Å². The number of anilines is 1. The van der Waals surface area contributed by atoms with Crippen molar-refractivity contribution in [3.05, 3.63) is 48.3 Å². The molecule has 0 aromatic carbocycles. The summed E-state index contributed by atoms with van der Waals surface area (Å²) in [5.74, 6) is 1.05. The molecule has 3 aromatic heterocycles. The molecule has 0 amide bonds. The largest absolute Gasteiger partial charge is 0.434 e. The molecule has 0 saturated carbocycles. The highest BCUT2D eigenvalue weighted by molar-refractivity contribution is 5.76. The summed E-state index contributed by atoms with van der Waals surface area (Å²) in [6.45, 7) is 1.42. The molecule has 1 atom stereocenters. The third-order valence-electron chi connectivity index (χ3n) is 5.13. The maximum atomic E-state index is 13.1. The van der Waals surface area contributed by atoms with Gasteiger partial charge in [0.1, 0.15) is 11.5 Å². The molecule has 1 fully saturated rings. The van der Waals surface area contributed by atoms with Crippen LogP contribution < -0.4 is 10.6 Å². The Balaban J connectivity index is 1.68. The molecule has 156 valence electrons. The Morgan fingerprint density at radius 3 is 2.80 bits per heavy atom. The number of nitrogens with two attached hydrogens (primary N) is 1. The van der Waals surface area contributed by atoms with Crippen molar-refractivity contribution in [1.29, 1.82) is 5.41 Å². The van der Waals surface area contributed by atoms with Gasteiger partial charge in [0, 0.05) is 37.6 Å². The fraction of sp³-hybridized carbons (Fsp3) is 0.316. The Morgan fingerprint density at radius 1 is 1.23 bits per heavy atom. The molecule has 0 aliphatic carbocycles. The van der Waals surface area contributed by atoms with Gasteiger partial charge in [0.2, 0.25) is 0 Å². The van der Waals surface area contributed by atoms with Crippen LogP contribution in [-0.4, -0.2) is 43.6 Å². The summed E-state index contributed by atoms with van der Waals surface area (Å²) >= 11 is 0. The van der Waals surface area contributed by atoms with Crippen molar-refractivity contribution in [1.82, 2.24) is 24.3 Å². The van der Waals surface area contributed by atoms with Crippen LogP contribution in [0, 0.1) is 11.3 Å². The summed E-state index contributed by atoms with van der Waals surface area (Å²) in [6, 6.07) is 1.76. The third kappa shape index (κ3) is 3.70. The molecule has 0 radical (unpaired) electrons. The molecule has 1 aliphatic rings. The standard InChI is InChI=1S/C19H19F3N8/c20-19(21,22)15-11-30-14(8-27-17(30)9-26-15)18-25-4-3-16(28-18)29-5-1-2-12(10-29)13(6-23)7-24/h3-4,6-9,11-12,23H,1-2,5,10,24H2/b13-7+,23-6?. The van der Waals surface area contributed by atoms with Crippen molar-refractivity contribution in [2.75, 3.05) is 18.0 Å². The number of nitrogens with zero attached hydrogens (tertiary/aromatic N) is 6. The average molecular weight is 416 g/mol. The summed E-state index contributed by atoms with van der Waals surface area (Å²) in [5.41, 5.74) is 5.99. The molecule has 1 unspecified atom stereocenters. The SMILES string of the molecule is N=C/C(=C\N)C1CCCN(c2ccnc(-c3cnc4cnc(C(F)(F)F)cn34)n2)C1. The summed E-state index contributed by atoms with van der Waals surface area (Å²) in [4.78, 5) is 18.4. The van der Waals surface area contributed by atoms with Crippen LogP contribution in [0.25, 0.3) is 17.2 Å². The Labute approximate surface area is 169 Å². The van der Waals surface area contributed by atoms with Gasteiger partial charge in [-0.3, -0.25) is 4.40 Å². The molecular weight excluding hydrogens is 397 g/mol. The number of imidazole rings is 1. The zero-order valence-corrected chi connectivity index (χ0v) is 15.8. The second-order valence-electron chi connectivity index (χ2n) is 6.98. The van der Waals surface area contributed by atoms with E-state index in [0.717, 1.165) is 37.4 Å². The van der Waals surface area contributed by atoms with Crippen molar-refractivity contribution in [3.63, 3.8) is 0 Å². The molecule has 0 spiro atoms. The van der Waals surface area contributed by atoms with Gasteiger partial charge in [0.15, 0.2) is 17.2 Å². The van der Waals surface area contributed by atoms with E-state index in [1.807, 2.05) is 0 Å². The first-order chi connectivity index (χ1) is 14.4. The normalized spacial score (nSPS) is 18.0. The summed E-state index contributed by atoms with van der Waals surface area (Å²) in [6.07, 6.45) is 4.96. The Hall–Kier alpha value is -3.50. The van der Waals surface area contributed by atoms with Gasteiger partial charge in [-0.15, -0.1) is 0 Å². The number of hydrogen-bond donors (Lipinski definition) is 2. The lowest BCUT2D eigenvalue weighted by atomic mass is 9.91. The number of aromatic nitrogens is 5. The topological polar surface area (TPSA) is 109 Å². The van der Waals surface area contributed by atoms with E-state index in [1.54, 1.807) is 12.3 Å². The molecule has 8 nitrogen and oxygen atoms in total.